The Kier molecular flexibility index (Phi) is 6.13. The summed E-state index contributed by atoms with van der Waals surface area (Å²) in [6, 6.07) is 4.03. The van der Waals surface area contributed by atoms with Crippen molar-refractivity contribution >= 4 is 34.1 Å². The summed E-state index contributed by atoms with van der Waals surface area (Å²) in [4.78, 5) is 29.4. The summed E-state index contributed by atoms with van der Waals surface area (Å²) in [5.41, 5.74) is 1.88. The van der Waals surface area contributed by atoms with Crippen molar-refractivity contribution in [1.29, 1.82) is 0 Å². The van der Waals surface area contributed by atoms with Gasteiger partial charge in [0.05, 0.1) is 10.5 Å². The molecule has 158 valence electrons. The number of phenolic OH excluding ortho intramolecular Hbond substituents is 1. The fourth-order valence-electron chi connectivity index (χ4n) is 4.27. The maximum atomic E-state index is 13.2. The third-order valence-electron chi connectivity index (χ3n) is 5.86. The Morgan fingerprint density at radius 3 is 2.73 bits per heavy atom. The van der Waals surface area contributed by atoms with Crippen molar-refractivity contribution in [2.75, 3.05) is 0 Å². The van der Waals surface area contributed by atoms with E-state index in [0.717, 1.165) is 56.9 Å². The molecule has 0 radical (unpaired) electrons. The molecule has 30 heavy (non-hydrogen) atoms. The number of thiophene rings is 1. The molecular formula is C22H25N3O4S. The van der Waals surface area contributed by atoms with Gasteiger partial charge in [0.25, 0.3) is 11.6 Å². The molecule has 1 heterocycles. The van der Waals surface area contributed by atoms with Gasteiger partial charge < -0.3 is 10.4 Å². The van der Waals surface area contributed by atoms with E-state index < -0.39 is 4.92 Å². The molecule has 2 N–H and O–H groups in total. The first-order valence-electron chi connectivity index (χ1n) is 10.5. The SMILES string of the molecule is O=C(NC1CCCCC1)c1c(/N=C\c2cc([N+](=O)[O-])ccc2O)sc2c1CCCC2. The highest BCUT2D eigenvalue weighted by molar-refractivity contribution is 7.16. The summed E-state index contributed by atoms with van der Waals surface area (Å²) in [6.07, 6.45) is 10.9. The zero-order valence-corrected chi connectivity index (χ0v) is 17.5. The molecule has 1 aromatic heterocycles. The number of aliphatic imine (C=N–C) groups is 1. The number of aromatic hydroxyl groups is 1. The Morgan fingerprint density at radius 2 is 1.97 bits per heavy atom. The first-order chi connectivity index (χ1) is 14.5. The summed E-state index contributed by atoms with van der Waals surface area (Å²) in [6.45, 7) is 0. The van der Waals surface area contributed by atoms with Gasteiger partial charge in [-0.3, -0.25) is 14.9 Å². The van der Waals surface area contributed by atoms with Crippen LogP contribution in [0.25, 0.3) is 0 Å². The summed E-state index contributed by atoms with van der Waals surface area (Å²) in [5.74, 6) is -0.157. The zero-order valence-electron chi connectivity index (χ0n) is 16.7. The van der Waals surface area contributed by atoms with Crippen LogP contribution in [0.15, 0.2) is 23.2 Å². The van der Waals surface area contributed by atoms with E-state index in [2.05, 4.69) is 10.3 Å². The minimum Gasteiger partial charge on any atom is -0.507 e. The molecule has 0 spiro atoms. The number of nitro groups is 1. The number of carbonyl (C=O) groups excluding carboxylic acids is 1. The van der Waals surface area contributed by atoms with Gasteiger partial charge in [-0.25, -0.2) is 4.99 Å². The minimum atomic E-state index is -0.510. The number of nitrogens with one attached hydrogen (secondary N) is 1. The molecule has 0 unspecified atom stereocenters. The van der Waals surface area contributed by atoms with Crippen LogP contribution < -0.4 is 5.32 Å². The Morgan fingerprint density at radius 1 is 1.20 bits per heavy atom. The van der Waals surface area contributed by atoms with Crippen molar-refractivity contribution in [2.45, 2.75) is 63.8 Å². The summed E-state index contributed by atoms with van der Waals surface area (Å²) >= 11 is 1.51. The van der Waals surface area contributed by atoms with Crippen LogP contribution >= 0.6 is 11.3 Å². The van der Waals surface area contributed by atoms with E-state index in [1.807, 2.05) is 0 Å². The molecule has 2 aliphatic carbocycles. The Labute approximate surface area is 179 Å². The highest BCUT2D eigenvalue weighted by Gasteiger charge is 2.27. The van der Waals surface area contributed by atoms with Crippen LogP contribution in [0, 0.1) is 10.1 Å². The first kappa shape index (κ1) is 20.5. The lowest BCUT2D eigenvalue weighted by atomic mass is 9.93. The van der Waals surface area contributed by atoms with Crippen molar-refractivity contribution < 1.29 is 14.8 Å². The van der Waals surface area contributed by atoms with Gasteiger partial charge in [-0.1, -0.05) is 19.3 Å². The summed E-state index contributed by atoms with van der Waals surface area (Å²) in [7, 11) is 0. The van der Waals surface area contributed by atoms with E-state index in [1.54, 1.807) is 0 Å². The smallest absolute Gasteiger partial charge is 0.270 e. The summed E-state index contributed by atoms with van der Waals surface area (Å²) < 4.78 is 0. The van der Waals surface area contributed by atoms with Crippen molar-refractivity contribution in [2.24, 2.45) is 4.99 Å². The quantitative estimate of drug-likeness (QED) is 0.395. The molecule has 0 bridgehead atoms. The van der Waals surface area contributed by atoms with Crippen molar-refractivity contribution in [3.63, 3.8) is 0 Å². The number of fused-ring (bicyclic) bond motifs is 1. The normalized spacial score (nSPS) is 17.1. The van der Waals surface area contributed by atoms with E-state index in [4.69, 9.17) is 0 Å². The molecule has 4 rings (SSSR count). The van der Waals surface area contributed by atoms with Gasteiger partial charge in [-0.15, -0.1) is 11.3 Å². The Balaban J connectivity index is 1.65. The average Bonchev–Trinajstić information content (AvgIpc) is 3.12. The number of aryl methyl sites for hydroxylation is 1. The second-order valence-electron chi connectivity index (χ2n) is 7.96. The highest BCUT2D eigenvalue weighted by atomic mass is 32.1. The lowest BCUT2D eigenvalue weighted by Crippen LogP contribution is -2.36. The van der Waals surface area contributed by atoms with E-state index in [1.165, 1.54) is 47.0 Å². The second kappa shape index (κ2) is 8.95. The molecule has 2 aliphatic rings. The van der Waals surface area contributed by atoms with Crippen LogP contribution in [0.2, 0.25) is 0 Å². The topological polar surface area (TPSA) is 105 Å². The predicted octanol–water partition coefficient (Wildman–Crippen LogP) is 5.05. The van der Waals surface area contributed by atoms with Crippen molar-refractivity contribution in [3.8, 4) is 5.75 Å². The van der Waals surface area contributed by atoms with E-state index >= 15 is 0 Å². The minimum absolute atomic E-state index is 0.0725. The van der Waals surface area contributed by atoms with Crippen molar-refractivity contribution in [1.82, 2.24) is 5.32 Å². The van der Waals surface area contributed by atoms with Gasteiger partial charge in [0.15, 0.2) is 0 Å². The maximum absolute atomic E-state index is 13.2. The number of hydrogen-bond acceptors (Lipinski definition) is 6. The van der Waals surface area contributed by atoms with Gasteiger partial charge >= 0.3 is 0 Å². The van der Waals surface area contributed by atoms with Gasteiger partial charge in [0.1, 0.15) is 10.8 Å². The monoisotopic (exact) mass is 427 g/mol. The fourth-order valence-corrected chi connectivity index (χ4v) is 5.50. The molecule has 0 saturated heterocycles. The molecule has 0 aliphatic heterocycles. The number of amides is 1. The largest absolute Gasteiger partial charge is 0.507 e. The molecule has 0 atom stereocenters. The van der Waals surface area contributed by atoms with Crippen LogP contribution in [-0.2, 0) is 12.8 Å². The highest BCUT2D eigenvalue weighted by Crippen LogP contribution is 2.40. The third-order valence-corrected chi connectivity index (χ3v) is 7.06. The van der Waals surface area contributed by atoms with Crippen LogP contribution in [0.3, 0.4) is 0 Å². The maximum Gasteiger partial charge on any atom is 0.270 e. The molecule has 8 heteroatoms. The molecule has 7 nitrogen and oxygen atoms in total. The number of carbonyl (C=O) groups is 1. The van der Waals surface area contributed by atoms with E-state index in [0.29, 0.717) is 10.6 Å². The number of hydrogen-bond donors (Lipinski definition) is 2. The van der Waals surface area contributed by atoms with Crippen LogP contribution in [0.1, 0.15) is 71.3 Å². The van der Waals surface area contributed by atoms with E-state index in [9.17, 15) is 20.0 Å². The first-order valence-corrected chi connectivity index (χ1v) is 11.3. The molecule has 1 saturated carbocycles. The molecule has 2 aromatic rings. The standard InChI is InChI=1S/C22H25N3O4S/c26-18-11-10-16(25(28)29)12-14(18)13-23-22-20(17-8-4-5-9-19(17)30-22)21(27)24-15-6-2-1-3-7-15/h10-13,15,26H,1-9H2,(H,24,27)/b23-13-. The number of non-ortho nitro benzene ring substituents is 1. The Bertz CT molecular complexity index is 993. The van der Waals surface area contributed by atoms with Gasteiger partial charge in [0.2, 0.25) is 0 Å². The van der Waals surface area contributed by atoms with Crippen LogP contribution in [-0.4, -0.2) is 28.2 Å². The second-order valence-corrected chi connectivity index (χ2v) is 9.04. The lowest BCUT2D eigenvalue weighted by molar-refractivity contribution is -0.384. The lowest BCUT2D eigenvalue weighted by Gasteiger charge is -2.23. The van der Waals surface area contributed by atoms with Gasteiger partial charge in [-0.05, 0) is 50.2 Å². The Hall–Kier alpha value is -2.74. The molecule has 1 fully saturated rings. The van der Waals surface area contributed by atoms with Gasteiger partial charge in [0, 0.05) is 34.8 Å². The van der Waals surface area contributed by atoms with Crippen LogP contribution in [0.5, 0.6) is 5.75 Å². The number of nitrogens with zero attached hydrogens (tertiary/aromatic N) is 2. The number of benzene rings is 1. The van der Waals surface area contributed by atoms with Crippen LogP contribution in [0.4, 0.5) is 10.7 Å². The number of nitro benzene ring substituents is 1. The van der Waals surface area contributed by atoms with Gasteiger partial charge in [-0.2, -0.15) is 0 Å². The average molecular weight is 428 g/mol. The number of phenols is 1. The fraction of sp³-hybridized carbons (Fsp3) is 0.455. The zero-order chi connectivity index (χ0) is 21.1. The third kappa shape index (κ3) is 4.38. The molecule has 1 amide bonds. The molecule has 1 aromatic carbocycles. The predicted molar refractivity (Wildman–Crippen MR) is 117 cm³/mol. The van der Waals surface area contributed by atoms with E-state index in [-0.39, 0.29) is 28.9 Å². The summed E-state index contributed by atoms with van der Waals surface area (Å²) in [5, 5.41) is 24.9. The number of rotatable bonds is 5. The van der Waals surface area contributed by atoms with Crippen molar-refractivity contribution in [3.05, 3.63) is 49.9 Å². The molecular weight excluding hydrogens is 402 g/mol.